The van der Waals surface area contributed by atoms with Gasteiger partial charge in [-0.2, -0.15) is 17.7 Å². The first-order valence-corrected chi connectivity index (χ1v) is 8.55. The molecule has 1 aromatic carbocycles. The van der Waals surface area contributed by atoms with Gasteiger partial charge < -0.3 is 0 Å². The van der Waals surface area contributed by atoms with Gasteiger partial charge in [0.2, 0.25) is 0 Å². The summed E-state index contributed by atoms with van der Waals surface area (Å²) in [7, 11) is -0.953. The van der Waals surface area contributed by atoms with Gasteiger partial charge in [-0.3, -0.25) is 0 Å². The molecule has 0 spiro atoms. The van der Waals surface area contributed by atoms with Crippen molar-refractivity contribution in [1.29, 1.82) is 0 Å². The molecule has 0 bridgehead atoms. The molecule has 0 aliphatic heterocycles. The second-order valence-corrected chi connectivity index (χ2v) is 10.4. The molecule has 0 nitrogen and oxygen atoms in total. The Balaban J connectivity index is 0.00000169. The first-order chi connectivity index (χ1) is 5.97. The number of allylic oxidation sites excluding steroid dienone is 1. The second-order valence-electron chi connectivity index (χ2n) is 4.96. The van der Waals surface area contributed by atoms with E-state index in [-0.39, 0.29) is 18.9 Å². The largest absolute Gasteiger partial charge is 1.00 e. The van der Waals surface area contributed by atoms with Crippen molar-refractivity contribution in [2.24, 2.45) is 0 Å². The Morgan fingerprint density at radius 2 is 2.07 bits per heavy atom. The zero-order valence-electron chi connectivity index (χ0n) is 9.93. The van der Waals surface area contributed by atoms with Crippen molar-refractivity contribution in [2.75, 3.05) is 0 Å². The standard InChI is InChI=1S/C12H19Si.Li/c1-11(10-13(2,3)4)9-12-7-5-6-8-12;/h5-8H,1,9-10H2,2-4H3;/q-1;+1. The fourth-order valence-electron chi connectivity index (χ4n) is 1.63. The summed E-state index contributed by atoms with van der Waals surface area (Å²) in [6.07, 6.45) is 1.07. The van der Waals surface area contributed by atoms with Crippen molar-refractivity contribution < 1.29 is 18.9 Å². The molecule has 0 heterocycles. The van der Waals surface area contributed by atoms with Crippen LogP contribution in [-0.4, -0.2) is 8.07 Å². The Hall–Kier alpha value is -0.0957. The summed E-state index contributed by atoms with van der Waals surface area (Å²) in [6.45, 7) is 11.3. The number of rotatable bonds is 4. The van der Waals surface area contributed by atoms with Gasteiger partial charge >= 0.3 is 18.9 Å². The first-order valence-electron chi connectivity index (χ1n) is 4.85. The van der Waals surface area contributed by atoms with Crippen LogP contribution in [0.25, 0.3) is 0 Å². The van der Waals surface area contributed by atoms with Crippen LogP contribution in [0.3, 0.4) is 0 Å². The van der Waals surface area contributed by atoms with Gasteiger partial charge in [-0.15, -0.1) is 0 Å². The van der Waals surface area contributed by atoms with E-state index in [2.05, 4.69) is 50.5 Å². The van der Waals surface area contributed by atoms with Crippen molar-refractivity contribution in [3.8, 4) is 0 Å². The van der Waals surface area contributed by atoms with E-state index in [1.807, 2.05) is 0 Å². The minimum Gasteiger partial charge on any atom is -0.213 e. The minimum atomic E-state index is -0.953. The molecule has 0 saturated carbocycles. The molecular weight excluding hydrogens is 179 g/mol. The van der Waals surface area contributed by atoms with E-state index >= 15 is 0 Å². The summed E-state index contributed by atoms with van der Waals surface area (Å²) in [5.74, 6) is 0. The molecule has 0 saturated heterocycles. The third kappa shape index (κ3) is 5.60. The fourth-order valence-corrected chi connectivity index (χ4v) is 3.26. The summed E-state index contributed by atoms with van der Waals surface area (Å²) in [5, 5.41) is 0. The Morgan fingerprint density at radius 3 is 2.50 bits per heavy atom. The number of hydrogen-bond donors (Lipinski definition) is 0. The van der Waals surface area contributed by atoms with Crippen LogP contribution < -0.4 is 18.9 Å². The molecule has 0 radical (unpaired) electrons. The summed E-state index contributed by atoms with van der Waals surface area (Å²) >= 11 is 0. The molecule has 0 amide bonds. The van der Waals surface area contributed by atoms with Gasteiger partial charge in [0.25, 0.3) is 0 Å². The smallest absolute Gasteiger partial charge is 0.213 e. The van der Waals surface area contributed by atoms with E-state index in [1.54, 1.807) is 0 Å². The van der Waals surface area contributed by atoms with Crippen LogP contribution in [0.1, 0.15) is 5.56 Å². The summed E-state index contributed by atoms with van der Waals surface area (Å²) < 4.78 is 0. The molecule has 0 aliphatic rings. The van der Waals surface area contributed by atoms with Crippen molar-refractivity contribution in [3.63, 3.8) is 0 Å². The third-order valence-corrected chi connectivity index (χ3v) is 3.53. The van der Waals surface area contributed by atoms with Crippen molar-refractivity contribution in [2.45, 2.75) is 32.1 Å². The molecule has 1 rings (SSSR count). The van der Waals surface area contributed by atoms with E-state index in [0.717, 1.165) is 6.42 Å². The van der Waals surface area contributed by atoms with Crippen molar-refractivity contribution in [1.82, 2.24) is 0 Å². The van der Waals surface area contributed by atoms with E-state index in [4.69, 9.17) is 0 Å². The molecule has 14 heavy (non-hydrogen) atoms. The van der Waals surface area contributed by atoms with E-state index in [0.29, 0.717) is 0 Å². The predicted molar refractivity (Wildman–Crippen MR) is 63.0 cm³/mol. The van der Waals surface area contributed by atoms with Crippen LogP contribution >= 0.6 is 0 Å². The van der Waals surface area contributed by atoms with Gasteiger partial charge in [-0.1, -0.05) is 31.8 Å². The summed E-state index contributed by atoms with van der Waals surface area (Å²) in [6, 6.07) is 9.79. The maximum Gasteiger partial charge on any atom is 1.00 e. The van der Waals surface area contributed by atoms with Crippen molar-refractivity contribution >= 4 is 8.07 Å². The van der Waals surface area contributed by atoms with Gasteiger partial charge in [-0.05, 0) is 12.5 Å². The average molecular weight is 198 g/mol. The van der Waals surface area contributed by atoms with E-state index < -0.39 is 8.07 Å². The van der Waals surface area contributed by atoms with Crippen LogP contribution in [0, 0.1) is 0 Å². The molecule has 0 unspecified atom stereocenters. The third-order valence-electron chi connectivity index (χ3n) is 1.97. The maximum atomic E-state index is 4.15. The van der Waals surface area contributed by atoms with Gasteiger partial charge in [0.05, 0.1) is 0 Å². The monoisotopic (exact) mass is 198 g/mol. The topological polar surface area (TPSA) is 0 Å². The summed E-state index contributed by atoms with van der Waals surface area (Å²) in [4.78, 5) is 0. The molecule has 0 fully saturated rings. The molecule has 0 atom stereocenters. The SMILES string of the molecule is C=C(Cc1ccc[cH-]1)C[Si](C)(C)C.[Li+]. The molecule has 2 heteroatoms. The molecule has 0 N–H and O–H groups in total. The normalized spacial score (nSPS) is 10.8. The zero-order valence-corrected chi connectivity index (χ0v) is 10.9. The maximum absolute atomic E-state index is 4.15. The minimum absolute atomic E-state index is 0. The summed E-state index contributed by atoms with van der Waals surface area (Å²) in [5.41, 5.74) is 2.80. The molecular formula is C12H19LiSi. The predicted octanol–water partition coefficient (Wildman–Crippen LogP) is 0.846. The quantitative estimate of drug-likeness (QED) is 0.382. The Labute approximate surface area is 101 Å². The molecule has 0 aromatic heterocycles. The van der Waals surface area contributed by atoms with Crippen LogP contribution in [0.4, 0.5) is 0 Å². The van der Waals surface area contributed by atoms with Gasteiger partial charge in [-0.25, -0.2) is 12.1 Å². The second kappa shape index (κ2) is 5.70. The van der Waals surface area contributed by atoms with Crippen LogP contribution in [0.15, 0.2) is 36.4 Å². The van der Waals surface area contributed by atoms with Gasteiger partial charge in [0, 0.05) is 8.07 Å². The van der Waals surface area contributed by atoms with Gasteiger partial charge in [0.1, 0.15) is 0 Å². The van der Waals surface area contributed by atoms with E-state index in [1.165, 1.54) is 17.2 Å². The Morgan fingerprint density at radius 1 is 1.43 bits per heavy atom. The fraction of sp³-hybridized carbons (Fsp3) is 0.417. The first kappa shape index (κ1) is 13.9. The Kier molecular flexibility index (Phi) is 5.67. The van der Waals surface area contributed by atoms with E-state index in [9.17, 15) is 0 Å². The zero-order chi connectivity index (χ0) is 9.90. The van der Waals surface area contributed by atoms with Gasteiger partial charge in [0.15, 0.2) is 0 Å². The molecule has 72 valence electrons. The molecule has 0 aliphatic carbocycles. The number of hydrogen-bond acceptors (Lipinski definition) is 0. The van der Waals surface area contributed by atoms with Crippen LogP contribution in [0.5, 0.6) is 0 Å². The van der Waals surface area contributed by atoms with Crippen molar-refractivity contribution in [3.05, 3.63) is 42.0 Å². The average Bonchev–Trinajstić information content (AvgIpc) is 2.34. The molecule has 1 aromatic rings. The van der Waals surface area contributed by atoms with Crippen LogP contribution in [0.2, 0.25) is 25.7 Å². The van der Waals surface area contributed by atoms with Crippen LogP contribution in [-0.2, 0) is 6.42 Å². The Bertz CT molecular complexity index is 267.